The van der Waals surface area contributed by atoms with Gasteiger partial charge in [-0.1, -0.05) is 60.7 Å². The summed E-state index contributed by atoms with van der Waals surface area (Å²) >= 11 is 4.99. The van der Waals surface area contributed by atoms with Gasteiger partial charge in [-0.05, 0) is 30.3 Å². The number of amides is 2. The molecule has 0 aliphatic carbocycles. The van der Waals surface area contributed by atoms with E-state index in [0.717, 1.165) is 23.3 Å². The van der Waals surface area contributed by atoms with Gasteiger partial charge in [0.2, 0.25) is 11.8 Å². The zero-order valence-electron chi connectivity index (χ0n) is 15.8. The highest BCUT2D eigenvalue weighted by molar-refractivity contribution is 7.80. The molecule has 2 aromatic rings. The van der Waals surface area contributed by atoms with Gasteiger partial charge in [-0.2, -0.15) is 0 Å². The van der Waals surface area contributed by atoms with Crippen LogP contribution < -0.4 is 16.2 Å². The maximum Gasteiger partial charge on any atom is 0.330 e. The molecule has 0 aliphatic rings. The molecule has 150 valence electrons. The minimum absolute atomic E-state index is 0.114. The average Bonchev–Trinajstić information content (AvgIpc) is 2.73. The van der Waals surface area contributed by atoms with Crippen molar-refractivity contribution < 1.29 is 19.1 Å². The largest absolute Gasteiger partial charge is 0.463 e. The minimum atomic E-state index is -0.636. The molecule has 2 rings (SSSR count). The second-order valence-corrected chi connectivity index (χ2v) is 6.18. The van der Waals surface area contributed by atoms with Gasteiger partial charge in [0.1, 0.15) is 0 Å². The van der Waals surface area contributed by atoms with E-state index in [1.807, 2.05) is 60.7 Å². The first kappa shape index (κ1) is 21.8. The van der Waals surface area contributed by atoms with Crippen molar-refractivity contribution in [2.75, 3.05) is 6.61 Å². The minimum Gasteiger partial charge on any atom is -0.463 e. The highest BCUT2D eigenvalue weighted by Gasteiger charge is 2.22. The molecule has 0 saturated carbocycles. The number of carbonyl (C=O) groups excluding carboxylic acids is 3. The van der Waals surface area contributed by atoms with E-state index >= 15 is 0 Å². The zero-order valence-corrected chi connectivity index (χ0v) is 16.6. The van der Waals surface area contributed by atoms with Gasteiger partial charge in [0, 0.05) is 12.2 Å². The van der Waals surface area contributed by atoms with E-state index < -0.39 is 17.8 Å². The Labute approximate surface area is 174 Å². The van der Waals surface area contributed by atoms with Crippen molar-refractivity contribution in [3.05, 3.63) is 83.9 Å². The molecule has 29 heavy (non-hydrogen) atoms. The Morgan fingerprint density at radius 1 is 0.931 bits per heavy atom. The SMILES string of the molecule is CCOC(=O)C=CC(=O)NC(=S)NNC(=O)C(c1ccccc1)c1ccccc1. The Bertz CT molecular complexity index is 846. The Balaban J connectivity index is 1.97. The van der Waals surface area contributed by atoms with Crippen molar-refractivity contribution in [2.24, 2.45) is 0 Å². The average molecular weight is 411 g/mol. The molecule has 0 fully saturated rings. The highest BCUT2D eigenvalue weighted by atomic mass is 32.1. The van der Waals surface area contributed by atoms with Crippen LogP contribution in [0.1, 0.15) is 24.0 Å². The van der Waals surface area contributed by atoms with Gasteiger partial charge in [0.25, 0.3) is 0 Å². The van der Waals surface area contributed by atoms with E-state index in [2.05, 4.69) is 20.9 Å². The van der Waals surface area contributed by atoms with Gasteiger partial charge in [-0.15, -0.1) is 0 Å². The molecule has 7 nitrogen and oxygen atoms in total. The Kier molecular flexibility index (Phi) is 8.52. The summed E-state index contributed by atoms with van der Waals surface area (Å²) in [4.78, 5) is 35.7. The highest BCUT2D eigenvalue weighted by Crippen LogP contribution is 2.24. The number of hydrogen-bond donors (Lipinski definition) is 3. The van der Waals surface area contributed by atoms with Crippen molar-refractivity contribution in [1.29, 1.82) is 0 Å². The molecule has 0 bridgehead atoms. The summed E-state index contributed by atoms with van der Waals surface area (Å²) in [6, 6.07) is 18.6. The number of hydrazine groups is 1. The van der Waals surface area contributed by atoms with Crippen LogP contribution in [0.4, 0.5) is 0 Å². The molecule has 0 heterocycles. The summed E-state index contributed by atoms with van der Waals surface area (Å²) in [5.74, 6) is -2.18. The Hall–Kier alpha value is -3.52. The van der Waals surface area contributed by atoms with Crippen molar-refractivity contribution in [3.63, 3.8) is 0 Å². The predicted octanol–water partition coefficient (Wildman–Crippen LogP) is 1.96. The zero-order chi connectivity index (χ0) is 21.1. The Morgan fingerprint density at radius 2 is 1.48 bits per heavy atom. The van der Waals surface area contributed by atoms with Gasteiger partial charge >= 0.3 is 5.97 Å². The summed E-state index contributed by atoms with van der Waals surface area (Å²) in [6.45, 7) is 1.87. The summed E-state index contributed by atoms with van der Waals surface area (Å²) in [5, 5.41) is 2.21. The van der Waals surface area contributed by atoms with Crippen LogP contribution in [0.3, 0.4) is 0 Å². The molecular formula is C21H21N3O4S. The first-order valence-electron chi connectivity index (χ1n) is 8.86. The van der Waals surface area contributed by atoms with Crippen molar-refractivity contribution in [3.8, 4) is 0 Å². The molecule has 0 spiro atoms. The number of nitrogens with one attached hydrogen (secondary N) is 3. The number of benzene rings is 2. The van der Waals surface area contributed by atoms with Crippen LogP contribution in [0, 0.1) is 0 Å². The number of rotatable bonds is 6. The van der Waals surface area contributed by atoms with E-state index in [1.54, 1.807) is 6.92 Å². The van der Waals surface area contributed by atoms with Crippen LogP contribution in [0.5, 0.6) is 0 Å². The molecule has 0 aliphatic heterocycles. The van der Waals surface area contributed by atoms with E-state index in [1.165, 1.54) is 0 Å². The quantitative estimate of drug-likeness (QED) is 0.291. The second kappa shape index (κ2) is 11.4. The van der Waals surface area contributed by atoms with Crippen LogP contribution in [0.2, 0.25) is 0 Å². The van der Waals surface area contributed by atoms with Crippen molar-refractivity contribution >= 4 is 35.1 Å². The van der Waals surface area contributed by atoms with E-state index in [0.29, 0.717) is 0 Å². The number of ether oxygens (including phenoxy) is 1. The maximum absolute atomic E-state index is 12.8. The van der Waals surface area contributed by atoms with Crippen LogP contribution in [-0.2, 0) is 19.1 Å². The number of hydrogen-bond acceptors (Lipinski definition) is 5. The van der Waals surface area contributed by atoms with E-state index in [9.17, 15) is 14.4 Å². The topological polar surface area (TPSA) is 96.5 Å². The predicted molar refractivity (Wildman–Crippen MR) is 113 cm³/mol. The molecule has 2 aromatic carbocycles. The molecule has 0 atom stereocenters. The number of thiocarbonyl (C=S) groups is 1. The normalized spacial score (nSPS) is 10.4. The smallest absolute Gasteiger partial charge is 0.330 e. The van der Waals surface area contributed by atoms with E-state index in [4.69, 9.17) is 12.2 Å². The van der Waals surface area contributed by atoms with Gasteiger partial charge in [0.05, 0.1) is 12.5 Å². The lowest BCUT2D eigenvalue weighted by molar-refractivity contribution is -0.137. The van der Waals surface area contributed by atoms with Crippen LogP contribution >= 0.6 is 12.2 Å². The molecule has 2 amide bonds. The molecule has 8 heteroatoms. The lowest BCUT2D eigenvalue weighted by Gasteiger charge is -2.18. The van der Waals surface area contributed by atoms with E-state index in [-0.39, 0.29) is 17.6 Å². The van der Waals surface area contributed by atoms with Gasteiger partial charge in [0.15, 0.2) is 5.11 Å². The molecule has 3 N–H and O–H groups in total. The lowest BCUT2D eigenvalue weighted by Crippen LogP contribution is -2.49. The first-order valence-corrected chi connectivity index (χ1v) is 9.27. The fourth-order valence-electron chi connectivity index (χ4n) is 2.50. The lowest BCUT2D eigenvalue weighted by atomic mass is 9.91. The summed E-state index contributed by atoms with van der Waals surface area (Å²) in [6.07, 6.45) is 1.98. The number of esters is 1. The van der Waals surface area contributed by atoms with Gasteiger partial charge in [-0.3, -0.25) is 25.8 Å². The standard InChI is InChI=1S/C21H21N3O4S/c1-2-28-18(26)14-13-17(25)22-21(29)24-23-20(27)19(15-9-5-3-6-10-15)16-11-7-4-8-12-16/h3-14,19H,2H2,1H3,(H,23,27)(H2,22,24,25,29). The monoisotopic (exact) mass is 411 g/mol. The van der Waals surface area contributed by atoms with Crippen molar-refractivity contribution in [1.82, 2.24) is 16.2 Å². The van der Waals surface area contributed by atoms with Crippen LogP contribution in [0.25, 0.3) is 0 Å². The summed E-state index contributed by atoms with van der Waals surface area (Å²) in [5.41, 5.74) is 6.63. The van der Waals surface area contributed by atoms with Gasteiger partial charge < -0.3 is 4.74 Å². The molecule has 0 radical (unpaired) electrons. The van der Waals surface area contributed by atoms with Crippen molar-refractivity contribution in [2.45, 2.75) is 12.8 Å². The maximum atomic E-state index is 12.8. The van der Waals surface area contributed by atoms with Gasteiger partial charge in [-0.25, -0.2) is 4.79 Å². The third-order valence-electron chi connectivity index (χ3n) is 3.72. The summed E-state index contributed by atoms with van der Waals surface area (Å²) < 4.78 is 4.68. The second-order valence-electron chi connectivity index (χ2n) is 5.77. The van der Waals surface area contributed by atoms with Crippen LogP contribution in [0.15, 0.2) is 72.8 Å². The molecule has 0 unspecified atom stereocenters. The Morgan fingerprint density at radius 3 is 2.00 bits per heavy atom. The third-order valence-corrected chi connectivity index (χ3v) is 3.93. The molecular weight excluding hydrogens is 390 g/mol. The summed E-state index contributed by atoms with van der Waals surface area (Å²) in [7, 11) is 0. The third kappa shape index (κ3) is 7.19. The van der Waals surface area contributed by atoms with Crippen LogP contribution in [-0.4, -0.2) is 29.5 Å². The first-order chi connectivity index (χ1) is 14.0. The molecule has 0 saturated heterocycles. The number of carbonyl (C=O) groups is 3. The fourth-order valence-corrected chi connectivity index (χ4v) is 2.65. The fraction of sp³-hybridized carbons (Fsp3) is 0.143. The molecule has 0 aromatic heterocycles.